The first-order valence-electron chi connectivity index (χ1n) is 6.56. The van der Waals surface area contributed by atoms with Crippen LogP contribution in [0.2, 0.25) is 0 Å². The molecule has 0 bridgehead atoms. The standard InChI is InChI=1S/C15H11BrF3N3O/c16-10-2-1-9-7-22(8-21-13(9)5-10)11-3-4-14(12(20)6-11)23-15(17,18)19/h1-7H,8,20H2. The highest BCUT2D eigenvalue weighted by Gasteiger charge is 2.32. The molecule has 0 saturated carbocycles. The van der Waals surface area contributed by atoms with Gasteiger partial charge in [0.1, 0.15) is 6.67 Å². The Labute approximate surface area is 137 Å². The molecule has 0 radical (unpaired) electrons. The summed E-state index contributed by atoms with van der Waals surface area (Å²) in [5.41, 5.74) is 6.19. The minimum atomic E-state index is -4.77. The molecule has 2 aromatic carbocycles. The molecule has 120 valence electrons. The fourth-order valence-corrected chi connectivity index (χ4v) is 2.56. The number of benzene rings is 2. The maximum atomic E-state index is 12.3. The highest BCUT2D eigenvalue weighted by atomic mass is 79.9. The fourth-order valence-electron chi connectivity index (χ4n) is 2.21. The Bertz CT molecular complexity index is 867. The van der Waals surface area contributed by atoms with Gasteiger partial charge in [0.2, 0.25) is 0 Å². The first-order valence-corrected chi connectivity index (χ1v) is 7.35. The van der Waals surface area contributed by atoms with Gasteiger partial charge in [-0.25, -0.2) is 0 Å². The van der Waals surface area contributed by atoms with Crippen LogP contribution in [0.5, 0.6) is 5.75 Å². The van der Waals surface area contributed by atoms with Crippen molar-refractivity contribution in [3.05, 3.63) is 51.4 Å². The average Bonchev–Trinajstić information content (AvgIpc) is 2.47. The van der Waals surface area contributed by atoms with Gasteiger partial charge >= 0.3 is 6.36 Å². The van der Waals surface area contributed by atoms with Gasteiger partial charge in [0, 0.05) is 21.6 Å². The second-order valence-corrected chi connectivity index (χ2v) is 5.79. The normalized spacial score (nSPS) is 13.8. The van der Waals surface area contributed by atoms with Gasteiger partial charge in [-0.1, -0.05) is 22.0 Å². The summed E-state index contributed by atoms with van der Waals surface area (Å²) >= 11 is 3.38. The average molecular weight is 386 g/mol. The highest BCUT2D eigenvalue weighted by molar-refractivity contribution is 9.10. The van der Waals surface area contributed by atoms with E-state index in [1.165, 1.54) is 18.2 Å². The summed E-state index contributed by atoms with van der Waals surface area (Å²) < 4.78 is 41.6. The largest absolute Gasteiger partial charge is 0.573 e. The van der Waals surface area contributed by atoms with E-state index in [1.807, 2.05) is 24.4 Å². The van der Waals surface area contributed by atoms with E-state index in [0.717, 1.165) is 15.0 Å². The lowest BCUT2D eigenvalue weighted by Crippen LogP contribution is -2.35. The van der Waals surface area contributed by atoms with Crippen LogP contribution in [-0.4, -0.2) is 13.0 Å². The van der Waals surface area contributed by atoms with Crippen LogP contribution in [0.3, 0.4) is 0 Å². The van der Waals surface area contributed by atoms with E-state index in [0.29, 0.717) is 12.4 Å². The maximum absolute atomic E-state index is 12.3. The van der Waals surface area contributed by atoms with E-state index in [-0.39, 0.29) is 5.69 Å². The quantitative estimate of drug-likeness (QED) is 0.808. The lowest BCUT2D eigenvalue weighted by molar-refractivity contribution is -0.274. The monoisotopic (exact) mass is 385 g/mol. The van der Waals surface area contributed by atoms with Gasteiger partial charge in [-0.05, 0) is 30.3 Å². The number of nitrogens with two attached hydrogens (primary N) is 1. The third-order valence-electron chi connectivity index (χ3n) is 3.23. The van der Waals surface area contributed by atoms with Gasteiger partial charge in [0.25, 0.3) is 0 Å². The number of ether oxygens (including phenoxy) is 1. The second-order valence-electron chi connectivity index (χ2n) is 4.87. The summed E-state index contributed by atoms with van der Waals surface area (Å²) in [4.78, 5) is 6.23. The molecule has 4 nitrogen and oxygen atoms in total. The van der Waals surface area contributed by atoms with Crippen molar-refractivity contribution < 1.29 is 17.9 Å². The number of hydrogen-bond acceptors (Lipinski definition) is 4. The molecule has 0 unspecified atom stereocenters. The van der Waals surface area contributed by atoms with Crippen molar-refractivity contribution in [2.45, 2.75) is 6.36 Å². The molecule has 0 amide bonds. The molecule has 2 N–H and O–H groups in total. The molecule has 2 aromatic rings. The number of hydrogen-bond donors (Lipinski definition) is 1. The Morgan fingerprint density at radius 2 is 1.96 bits per heavy atom. The molecular formula is C15H11BrF3N3O. The smallest absolute Gasteiger partial charge is 0.404 e. The van der Waals surface area contributed by atoms with E-state index in [4.69, 9.17) is 5.73 Å². The third kappa shape index (κ3) is 3.58. The predicted octanol–water partition coefficient (Wildman–Crippen LogP) is 2.77. The predicted molar refractivity (Wildman–Crippen MR) is 84.3 cm³/mol. The molecule has 0 spiro atoms. The zero-order valence-electron chi connectivity index (χ0n) is 11.6. The summed E-state index contributed by atoms with van der Waals surface area (Å²) in [5.74, 6) is -0.417. The van der Waals surface area contributed by atoms with Crippen LogP contribution < -0.4 is 25.9 Å². The first-order chi connectivity index (χ1) is 10.8. The van der Waals surface area contributed by atoms with E-state index >= 15 is 0 Å². The van der Waals surface area contributed by atoms with Crippen molar-refractivity contribution in [3.8, 4) is 5.75 Å². The molecule has 0 atom stereocenters. The number of nitrogens with zero attached hydrogens (tertiary/aromatic N) is 2. The molecule has 1 heterocycles. The molecule has 0 fully saturated rings. The number of anilines is 2. The molecule has 3 rings (SSSR count). The van der Waals surface area contributed by atoms with Crippen molar-refractivity contribution in [1.82, 2.24) is 0 Å². The van der Waals surface area contributed by atoms with Crippen LogP contribution >= 0.6 is 15.9 Å². The Balaban J connectivity index is 1.91. The van der Waals surface area contributed by atoms with Gasteiger partial charge in [0.15, 0.2) is 5.75 Å². The van der Waals surface area contributed by atoms with Gasteiger partial charge < -0.3 is 15.4 Å². The Morgan fingerprint density at radius 1 is 1.17 bits per heavy atom. The number of rotatable bonds is 2. The summed E-state index contributed by atoms with van der Waals surface area (Å²) in [6.07, 6.45) is -2.90. The number of fused-ring (bicyclic) bond motifs is 1. The van der Waals surface area contributed by atoms with Gasteiger partial charge in [-0.15, -0.1) is 13.2 Å². The summed E-state index contributed by atoms with van der Waals surface area (Å²) in [6, 6.07) is 9.83. The molecule has 0 aromatic heterocycles. The van der Waals surface area contributed by atoms with Crippen molar-refractivity contribution in [1.29, 1.82) is 0 Å². The van der Waals surface area contributed by atoms with Crippen LogP contribution in [0.25, 0.3) is 6.20 Å². The number of nitrogen functional groups attached to an aromatic ring is 1. The summed E-state index contributed by atoms with van der Waals surface area (Å²) in [6.45, 7) is 0.350. The molecule has 23 heavy (non-hydrogen) atoms. The zero-order chi connectivity index (χ0) is 16.6. The van der Waals surface area contributed by atoms with Gasteiger partial charge in [-0.2, -0.15) is 0 Å². The maximum Gasteiger partial charge on any atom is 0.573 e. The molecule has 0 saturated heterocycles. The molecular weight excluding hydrogens is 375 g/mol. The van der Waals surface area contributed by atoms with E-state index in [1.54, 1.807) is 4.90 Å². The number of alkyl halides is 3. The Hall–Kier alpha value is -2.22. The van der Waals surface area contributed by atoms with Crippen molar-refractivity contribution >= 4 is 33.5 Å². The fraction of sp³-hybridized carbons (Fsp3) is 0.133. The van der Waals surface area contributed by atoms with Crippen LogP contribution in [0.1, 0.15) is 0 Å². The van der Waals surface area contributed by atoms with E-state index in [2.05, 4.69) is 25.7 Å². The minimum absolute atomic E-state index is 0.0881. The van der Waals surface area contributed by atoms with Crippen molar-refractivity contribution in [2.75, 3.05) is 17.3 Å². The molecule has 8 heteroatoms. The third-order valence-corrected chi connectivity index (χ3v) is 3.72. The molecule has 1 aliphatic rings. The Morgan fingerprint density at radius 3 is 2.65 bits per heavy atom. The lowest BCUT2D eigenvalue weighted by Gasteiger charge is -2.22. The van der Waals surface area contributed by atoms with Crippen molar-refractivity contribution in [3.63, 3.8) is 0 Å². The SMILES string of the molecule is Nc1cc(N2C=c3ccc(Br)cc3=NC2)ccc1OC(F)(F)F. The van der Waals surface area contributed by atoms with Crippen LogP contribution in [0.15, 0.2) is 45.9 Å². The van der Waals surface area contributed by atoms with Crippen LogP contribution in [0, 0.1) is 0 Å². The van der Waals surface area contributed by atoms with E-state index < -0.39 is 12.1 Å². The topological polar surface area (TPSA) is 50.8 Å². The van der Waals surface area contributed by atoms with Gasteiger partial charge in [0.05, 0.1) is 11.0 Å². The first kappa shape index (κ1) is 15.7. The Kier molecular flexibility index (Phi) is 3.93. The van der Waals surface area contributed by atoms with Crippen LogP contribution in [0.4, 0.5) is 24.5 Å². The second kappa shape index (κ2) is 5.77. The van der Waals surface area contributed by atoms with Gasteiger partial charge in [-0.3, -0.25) is 4.99 Å². The summed E-state index contributed by atoms with van der Waals surface area (Å²) in [7, 11) is 0. The van der Waals surface area contributed by atoms with Crippen LogP contribution in [-0.2, 0) is 0 Å². The molecule has 0 aliphatic carbocycles. The number of halogens is 4. The highest BCUT2D eigenvalue weighted by Crippen LogP contribution is 2.31. The molecule has 1 aliphatic heterocycles. The summed E-state index contributed by atoms with van der Waals surface area (Å²) in [5, 5.41) is 1.76. The van der Waals surface area contributed by atoms with Crippen molar-refractivity contribution in [2.24, 2.45) is 4.99 Å². The zero-order valence-corrected chi connectivity index (χ0v) is 13.2. The minimum Gasteiger partial charge on any atom is -0.404 e. The lowest BCUT2D eigenvalue weighted by atomic mass is 10.2. The van der Waals surface area contributed by atoms with E-state index in [9.17, 15) is 13.2 Å².